The minimum absolute atomic E-state index is 0.121. The number of ether oxygens (including phenoxy) is 2. The SMILES string of the molecule is CCCCCCCCCCCCCCCCC(CCC)OC(O)OCCCN(C)C. The summed E-state index contributed by atoms with van der Waals surface area (Å²) in [6, 6.07) is 0. The Balaban J connectivity index is 3.52. The van der Waals surface area contributed by atoms with E-state index in [0.717, 1.165) is 32.2 Å². The highest BCUT2D eigenvalue weighted by Crippen LogP contribution is 2.17. The van der Waals surface area contributed by atoms with Gasteiger partial charge in [-0.2, -0.15) is 0 Å². The molecule has 4 heteroatoms. The van der Waals surface area contributed by atoms with Crippen molar-refractivity contribution in [2.75, 3.05) is 27.2 Å². The van der Waals surface area contributed by atoms with Crippen molar-refractivity contribution in [1.29, 1.82) is 0 Å². The summed E-state index contributed by atoms with van der Waals surface area (Å²) in [7, 11) is 4.08. The molecule has 0 fully saturated rings. The molecule has 30 heavy (non-hydrogen) atoms. The molecular formula is C26H55NO3. The van der Waals surface area contributed by atoms with E-state index < -0.39 is 6.48 Å². The smallest absolute Gasteiger partial charge is 0.269 e. The van der Waals surface area contributed by atoms with Crippen LogP contribution in [0.5, 0.6) is 0 Å². The van der Waals surface area contributed by atoms with Crippen LogP contribution in [0.15, 0.2) is 0 Å². The Bertz CT molecular complexity index is 325. The zero-order chi connectivity index (χ0) is 22.3. The molecule has 0 saturated carbocycles. The number of aliphatic hydroxyl groups is 1. The van der Waals surface area contributed by atoms with Crippen LogP contribution in [-0.2, 0) is 9.47 Å². The summed E-state index contributed by atoms with van der Waals surface area (Å²) in [5.41, 5.74) is 0. The predicted molar refractivity (Wildman–Crippen MR) is 130 cm³/mol. The minimum Gasteiger partial charge on any atom is -0.346 e. The first kappa shape index (κ1) is 29.8. The molecule has 182 valence electrons. The molecule has 0 spiro atoms. The van der Waals surface area contributed by atoms with Gasteiger partial charge in [-0.15, -0.1) is 0 Å². The molecule has 0 aliphatic heterocycles. The first-order valence-electron chi connectivity index (χ1n) is 13.2. The van der Waals surface area contributed by atoms with Gasteiger partial charge in [0.25, 0.3) is 6.48 Å². The molecule has 0 aliphatic rings. The molecule has 4 nitrogen and oxygen atoms in total. The van der Waals surface area contributed by atoms with Crippen LogP contribution in [0.25, 0.3) is 0 Å². The number of nitrogens with zero attached hydrogens (tertiary/aromatic N) is 1. The molecule has 0 saturated heterocycles. The fourth-order valence-electron chi connectivity index (χ4n) is 3.94. The molecule has 0 radical (unpaired) electrons. The van der Waals surface area contributed by atoms with Crippen LogP contribution in [0.1, 0.15) is 129 Å². The Kier molecular flexibility index (Phi) is 23.4. The van der Waals surface area contributed by atoms with E-state index in [0.29, 0.717) is 6.61 Å². The Hall–Kier alpha value is -0.160. The molecule has 0 aliphatic carbocycles. The van der Waals surface area contributed by atoms with Gasteiger partial charge in [-0.1, -0.05) is 110 Å². The molecule has 0 amide bonds. The van der Waals surface area contributed by atoms with Gasteiger partial charge in [0.15, 0.2) is 0 Å². The van der Waals surface area contributed by atoms with Crippen molar-refractivity contribution in [3.63, 3.8) is 0 Å². The average Bonchev–Trinajstić information content (AvgIpc) is 2.71. The standard InChI is InChI=1S/C26H55NO3/c1-5-7-8-9-10-11-12-13-14-15-16-17-18-19-22-25(21-6-2)30-26(28)29-24-20-23-27(3)4/h25-26,28H,5-24H2,1-4H3. The highest BCUT2D eigenvalue weighted by molar-refractivity contribution is 4.58. The van der Waals surface area contributed by atoms with Crippen molar-refractivity contribution in [1.82, 2.24) is 4.90 Å². The maximum absolute atomic E-state index is 9.97. The van der Waals surface area contributed by atoms with Crippen molar-refractivity contribution in [3.05, 3.63) is 0 Å². The van der Waals surface area contributed by atoms with Gasteiger partial charge in [-0.25, -0.2) is 0 Å². The van der Waals surface area contributed by atoms with Crippen molar-refractivity contribution < 1.29 is 14.6 Å². The summed E-state index contributed by atoms with van der Waals surface area (Å²) in [6.45, 7) is 4.88. The highest BCUT2D eigenvalue weighted by Gasteiger charge is 2.14. The first-order valence-corrected chi connectivity index (χ1v) is 13.2. The van der Waals surface area contributed by atoms with Gasteiger partial charge in [0.1, 0.15) is 0 Å². The summed E-state index contributed by atoms with van der Waals surface area (Å²) in [4.78, 5) is 2.12. The van der Waals surface area contributed by atoms with Gasteiger partial charge in [-0.3, -0.25) is 0 Å². The van der Waals surface area contributed by atoms with E-state index in [1.165, 1.54) is 89.9 Å². The zero-order valence-corrected chi connectivity index (χ0v) is 21.0. The molecule has 0 rings (SSSR count). The summed E-state index contributed by atoms with van der Waals surface area (Å²) in [5, 5.41) is 9.97. The molecule has 2 unspecified atom stereocenters. The van der Waals surface area contributed by atoms with Gasteiger partial charge in [-0.05, 0) is 39.9 Å². The summed E-state index contributed by atoms with van der Waals surface area (Å²) < 4.78 is 11.1. The van der Waals surface area contributed by atoms with Crippen LogP contribution in [-0.4, -0.2) is 49.8 Å². The van der Waals surface area contributed by atoms with Crippen LogP contribution in [0, 0.1) is 0 Å². The molecular weight excluding hydrogens is 374 g/mol. The lowest BCUT2D eigenvalue weighted by molar-refractivity contribution is -0.283. The summed E-state index contributed by atoms with van der Waals surface area (Å²) in [5.74, 6) is 0. The Morgan fingerprint density at radius 1 is 0.633 bits per heavy atom. The monoisotopic (exact) mass is 429 g/mol. The third-order valence-electron chi connectivity index (χ3n) is 5.81. The second-order valence-electron chi connectivity index (χ2n) is 9.27. The number of hydrogen-bond donors (Lipinski definition) is 1. The fraction of sp³-hybridized carbons (Fsp3) is 1.00. The van der Waals surface area contributed by atoms with Crippen molar-refractivity contribution in [2.45, 2.75) is 142 Å². The third-order valence-corrected chi connectivity index (χ3v) is 5.81. The maximum Gasteiger partial charge on any atom is 0.269 e. The van der Waals surface area contributed by atoms with Gasteiger partial charge in [0.05, 0.1) is 12.7 Å². The van der Waals surface area contributed by atoms with E-state index in [9.17, 15) is 5.11 Å². The molecule has 1 N–H and O–H groups in total. The topological polar surface area (TPSA) is 41.9 Å². The maximum atomic E-state index is 9.97. The van der Waals surface area contributed by atoms with Crippen molar-refractivity contribution in [2.24, 2.45) is 0 Å². The average molecular weight is 430 g/mol. The Morgan fingerprint density at radius 2 is 1.13 bits per heavy atom. The van der Waals surface area contributed by atoms with Crippen LogP contribution in [0.4, 0.5) is 0 Å². The second-order valence-corrected chi connectivity index (χ2v) is 9.27. The quantitative estimate of drug-likeness (QED) is 0.129. The van der Waals surface area contributed by atoms with Gasteiger partial charge >= 0.3 is 0 Å². The van der Waals surface area contributed by atoms with E-state index in [2.05, 4.69) is 18.7 Å². The van der Waals surface area contributed by atoms with E-state index in [-0.39, 0.29) is 6.10 Å². The Morgan fingerprint density at radius 3 is 1.60 bits per heavy atom. The lowest BCUT2D eigenvalue weighted by Gasteiger charge is -2.21. The van der Waals surface area contributed by atoms with E-state index >= 15 is 0 Å². The van der Waals surface area contributed by atoms with E-state index in [1.54, 1.807) is 0 Å². The summed E-state index contributed by atoms with van der Waals surface area (Å²) in [6.07, 6.45) is 23.5. The molecule has 2 atom stereocenters. The van der Waals surface area contributed by atoms with Gasteiger partial charge in [0.2, 0.25) is 0 Å². The third kappa shape index (κ3) is 22.5. The van der Waals surface area contributed by atoms with Crippen molar-refractivity contribution in [3.8, 4) is 0 Å². The zero-order valence-electron chi connectivity index (χ0n) is 21.0. The van der Waals surface area contributed by atoms with Crippen LogP contribution < -0.4 is 0 Å². The Labute approximate surface area is 189 Å². The second kappa shape index (κ2) is 23.5. The molecule has 0 bridgehead atoms. The molecule has 0 aromatic heterocycles. The normalized spacial score (nSPS) is 13.8. The van der Waals surface area contributed by atoms with E-state index in [1.807, 2.05) is 14.1 Å². The minimum atomic E-state index is -1.07. The lowest BCUT2D eigenvalue weighted by atomic mass is 10.0. The predicted octanol–water partition coefficient (Wildman–Crippen LogP) is 7.29. The number of rotatable bonds is 24. The van der Waals surface area contributed by atoms with Gasteiger partial charge < -0.3 is 19.5 Å². The van der Waals surface area contributed by atoms with Crippen LogP contribution in [0.3, 0.4) is 0 Å². The summed E-state index contributed by atoms with van der Waals surface area (Å²) >= 11 is 0. The molecule has 0 aromatic rings. The van der Waals surface area contributed by atoms with E-state index in [4.69, 9.17) is 9.47 Å². The van der Waals surface area contributed by atoms with Crippen LogP contribution in [0.2, 0.25) is 0 Å². The highest BCUT2D eigenvalue weighted by atomic mass is 16.8. The van der Waals surface area contributed by atoms with Gasteiger partial charge in [0, 0.05) is 0 Å². The number of unbranched alkanes of at least 4 members (excludes halogenated alkanes) is 13. The number of aliphatic hydroxyl groups excluding tert-OH is 1. The first-order chi connectivity index (χ1) is 14.6. The molecule has 0 aromatic carbocycles. The fourth-order valence-corrected chi connectivity index (χ4v) is 3.94. The van der Waals surface area contributed by atoms with Crippen LogP contribution >= 0.6 is 0 Å². The largest absolute Gasteiger partial charge is 0.346 e. The lowest BCUT2D eigenvalue weighted by Crippen LogP contribution is -2.26. The number of hydrogen-bond acceptors (Lipinski definition) is 4. The molecule has 0 heterocycles. The van der Waals surface area contributed by atoms with Crippen molar-refractivity contribution >= 4 is 0 Å².